The topological polar surface area (TPSA) is 625 Å². The molecule has 2 fully saturated rings. The maximum atomic E-state index is 16.3. The van der Waals surface area contributed by atoms with Crippen LogP contribution in [0.15, 0.2) is 120 Å². The van der Waals surface area contributed by atoms with E-state index < -0.39 is 277 Å². The number of benzene rings is 6. The van der Waals surface area contributed by atoms with Gasteiger partial charge in [-0.2, -0.15) is 4.98 Å². The molecule has 1 aromatic heterocycles. The third-order valence-electron chi connectivity index (χ3n) is 21.5. The lowest BCUT2D eigenvalue weighted by atomic mass is 9.85. The largest absolute Gasteiger partial charge is 0.508 e. The first-order valence-electron chi connectivity index (χ1n) is 39.6. The second-order valence-corrected chi connectivity index (χ2v) is 32.8. The monoisotopic (exact) mass is 1850 g/mol. The fourth-order valence-corrected chi connectivity index (χ4v) is 15.7. The number of rotatable bonds is 23. The van der Waals surface area contributed by atoms with E-state index in [4.69, 9.17) is 91.1 Å². The molecule has 682 valence electrons. The molecule has 0 spiro atoms. The fraction of sp³-hybridized carbons (Fsp3) is 0.373. The summed E-state index contributed by atoms with van der Waals surface area (Å²) in [5.74, 6) is -18.0. The minimum Gasteiger partial charge on any atom is -0.508 e. The number of aromatic hydroxyl groups is 3. The minimum atomic E-state index is -2.42. The van der Waals surface area contributed by atoms with Crippen molar-refractivity contribution in [3.63, 3.8) is 0 Å². The first kappa shape index (κ1) is 95.2. The smallest absolute Gasteiger partial charge is 0.349 e. The number of phenolic OH excluding ortho intramolecular Hbond substituents is 3. The van der Waals surface area contributed by atoms with Gasteiger partial charge in [-0.25, -0.2) is 10.3 Å². The van der Waals surface area contributed by atoms with Crippen LogP contribution in [0, 0.1) is 5.92 Å². The van der Waals surface area contributed by atoms with Crippen molar-refractivity contribution in [2.75, 3.05) is 32.1 Å². The van der Waals surface area contributed by atoms with Crippen molar-refractivity contribution in [3.8, 4) is 57.1 Å². The molecule has 7 aliphatic rings. The molecular formula is C83H90Cl4N14O27. The first-order chi connectivity index (χ1) is 60.7. The Morgan fingerprint density at radius 3 is 1.98 bits per heavy atom. The molecule has 41 nitrogen and oxygen atoms in total. The molecule has 7 aromatic rings. The number of aliphatic hydroxyl groups excluding tert-OH is 6. The summed E-state index contributed by atoms with van der Waals surface area (Å²) >= 11 is 26.5. The van der Waals surface area contributed by atoms with E-state index >= 15 is 24.0 Å². The van der Waals surface area contributed by atoms with Crippen molar-refractivity contribution < 1.29 is 127 Å². The Morgan fingerprint density at radius 2 is 1.35 bits per heavy atom. The van der Waals surface area contributed by atoms with Crippen LogP contribution in [0.4, 0.5) is 5.82 Å². The van der Waals surface area contributed by atoms with Crippen LogP contribution in [-0.2, 0) is 73.5 Å². The molecule has 10 amide bonds. The van der Waals surface area contributed by atoms with Gasteiger partial charge in [0.05, 0.1) is 51.4 Å². The Kier molecular flexibility index (Phi) is 30.2. The number of carbonyl (C=O) groups excluding carboxylic acids is 10. The average molecular weight is 1860 g/mol. The van der Waals surface area contributed by atoms with E-state index in [1.807, 2.05) is 5.48 Å². The second-order valence-electron chi connectivity index (χ2n) is 31.2. The molecule has 2 saturated heterocycles. The van der Waals surface area contributed by atoms with Crippen molar-refractivity contribution in [2.24, 2.45) is 17.4 Å². The molecular weight excluding hydrogens is 1770 g/mol. The van der Waals surface area contributed by atoms with Crippen LogP contribution in [-0.4, -0.2) is 220 Å². The molecule has 18 unspecified atom stereocenters. The van der Waals surface area contributed by atoms with Crippen LogP contribution < -0.4 is 84.7 Å². The van der Waals surface area contributed by atoms with E-state index in [1.54, 1.807) is 39.0 Å². The van der Waals surface area contributed by atoms with Crippen LogP contribution in [0.5, 0.6) is 46.0 Å². The van der Waals surface area contributed by atoms with E-state index in [9.17, 15) is 74.7 Å². The van der Waals surface area contributed by atoms with Gasteiger partial charge in [-0.1, -0.05) is 84.5 Å². The number of hydrogen-bond donors (Lipinski definition) is 21. The summed E-state index contributed by atoms with van der Waals surface area (Å²) in [4.78, 5) is 167. The number of phenols is 3. The summed E-state index contributed by atoms with van der Waals surface area (Å²) < 4.78 is 40.6. The zero-order valence-electron chi connectivity index (χ0n) is 68.3. The number of hydrogen-bond acceptors (Lipinski definition) is 30. The number of nitrogens with zero attached hydrogens (tertiary/aromatic N) is 2. The number of hydroxylamine groups is 1. The summed E-state index contributed by atoms with van der Waals surface area (Å²) in [6.45, 7) is 4.55. The minimum absolute atomic E-state index is 0.0549. The van der Waals surface area contributed by atoms with Crippen molar-refractivity contribution in [2.45, 2.75) is 163 Å². The quantitative estimate of drug-likeness (QED) is 0.0318. The molecule has 11 bridgehead atoms. The molecule has 45 heteroatoms. The van der Waals surface area contributed by atoms with Gasteiger partial charge in [0.1, 0.15) is 101 Å². The Labute approximate surface area is 746 Å². The summed E-state index contributed by atoms with van der Waals surface area (Å²) in [6.07, 6.45) is -15.8. The number of likely N-dealkylation sites (N-methyl/N-ethyl adjacent to an activating group) is 1. The number of aliphatic hydroxyl groups is 6. The molecule has 18 atom stereocenters. The number of halogens is 4. The highest BCUT2D eigenvalue weighted by Gasteiger charge is 2.52. The number of nitrogens with two attached hydrogens (primary N) is 2. The maximum Gasteiger partial charge on any atom is 0.349 e. The van der Waals surface area contributed by atoms with Crippen molar-refractivity contribution in [3.05, 3.63) is 179 Å². The van der Waals surface area contributed by atoms with Gasteiger partial charge in [0.2, 0.25) is 65.2 Å². The Hall–Kier alpha value is -11.9. The van der Waals surface area contributed by atoms with Crippen LogP contribution >= 0.6 is 46.4 Å². The van der Waals surface area contributed by atoms with E-state index in [2.05, 4.69) is 52.8 Å². The number of carbonyl (C=O) groups is 10. The normalized spacial score (nSPS) is 25.6. The molecule has 0 aliphatic carbocycles. The fourth-order valence-electron chi connectivity index (χ4n) is 15.0. The van der Waals surface area contributed by atoms with Crippen molar-refractivity contribution in [1.29, 1.82) is 0 Å². The van der Waals surface area contributed by atoms with E-state index in [1.165, 1.54) is 49.0 Å². The highest BCUT2D eigenvalue weighted by molar-refractivity contribution is 6.42. The van der Waals surface area contributed by atoms with Crippen LogP contribution in [0.1, 0.15) is 111 Å². The third-order valence-corrected chi connectivity index (χ3v) is 22.8. The molecule has 0 saturated carbocycles. The van der Waals surface area contributed by atoms with Crippen LogP contribution in [0.2, 0.25) is 20.1 Å². The average Bonchev–Trinajstić information content (AvgIpc) is 0.755. The predicted molar refractivity (Wildman–Crippen MR) is 451 cm³/mol. The number of nitrogens with one attached hydrogen (secondary N) is 10. The second kappa shape index (κ2) is 40.6. The number of anilines is 1. The van der Waals surface area contributed by atoms with Gasteiger partial charge in [0, 0.05) is 54.5 Å². The van der Waals surface area contributed by atoms with Gasteiger partial charge < -0.3 is 134 Å². The molecule has 0 radical (unpaired) electrons. The predicted octanol–water partition coefficient (Wildman–Crippen LogP) is 1.40. The summed E-state index contributed by atoms with van der Waals surface area (Å²) in [5.41, 5.74) is 8.27. The summed E-state index contributed by atoms with van der Waals surface area (Å²) in [5, 5.41) is 130. The highest BCUT2D eigenvalue weighted by atomic mass is 35.5. The Balaban J connectivity index is 0.994. The van der Waals surface area contributed by atoms with E-state index in [0.717, 1.165) is 72.8 Å². The van der Waals surface area contributed by atoms with Crippen LogP contribution in [0.25, 0.3) is 17.2 Å². The van der Waals surface area contributed by atoms with Gasteiger partial charge in [-0.3, -0.25) is 57.4 Å². The summed E-state index contributed by atoms with van der Waals surface area (Å²) in [7, 11) is 1.46. The number of fused-ring (bicyclic) bond motifs is 15. The van der Waals surface area contributed by atoms with Gasteiger partial charge >= 0.3 is 5.69 Å². The number of amides is 10. The van der Waals surface area contributed by atoms with Gasteiger partial charge in [0.15, 0.2) is 30.5 Å². The molecule has 128 heavy (non-hydrogen) atoms. The zero-order chi connectivity index (χ0) is 92.8. The number of ether oxygens (including phenoxy) is 6. The Morgan fingerprint density at radius 1 is 0.695 bits per heavy atom. The summed E-state index contributed by atoms with van der Waals surface area (Å²) in [6, 6.07) is 4.84. The SMILES string of the molecule is CNC(CC(C)C)C(=O)NC1C(=O)NC(CC(N)=O)C(=O)NC2C(=O)NC3C(=O)NC(C(=O)NC(C(=O)NOCC(N)=O)c4cc(O)cc(O)c4-c4cc3ccc4O)C(O)c3ccc(c(Cl)c3)Oc3cc2cc(c3OC2OC(CO)C(O)C(O)C2OC2CC(C)(NCCn3ccc(NC(=O)/C=C/c4ccc(Cl)c(Cl)c4)nc3=O)C(O)C(C)O2)Oc2ccc(cc2Cl)C1O. The molecule has 6 aromatic carbocycles. The lowest BCUT2D eigenvalue weighted by Crippen LogP contribution is -2.65. The van der Waals surface area contributed by atoms with E-state index in [0.29, 0.717) is 10.6 Å². The molecule has 7 aliphatic heterocycles. The molecule has 8 heterocycles. The zero-order valence-corrected chi connectivity index (χ0v) is 71.3. The molecule has 14 rings (SSSR count). The lowest BCUT2D eigenvalue weighted by molar-refractivity contribution is -0.334. The van der Waals surface area contributed by atoms with Gasteiger partial charge in [0.25, 0.3) is 5.91 Å². The molecule has 23 N–H and O–H groups in total. The van der Waals surface area contributed by atoms with E-state index in [-0.39, 0.29) is 53.8 Å². The number of primary amides is 2. The highest BCUT2D eigenvalue weighted by Crippen LogP contribution is 2.50. The van der Waals surface area contributed by atoms with Crippen LogP contribution in [0.3, 0.4) is 0 Å². The maximum absolute atomic E-state index is 16.3. The first-order valence-corrected chi connectivity index (χ1v) is 41.1. The third kappa shape index (κ3) is 21.9. The van der Waals surface area contributed by atoms with Gasteiger partial charge in [-0.15, -0.1) is 0 Å². The van der Waals surface area contributed by atoms with Crippen molar-refractivity contribution >= 4 is 117 Å². The standard InChI is InChI=1S/C83H90Cl4N14O27/c1-33(2)20-47(90-5)74(114)98-65-67(109)37-9-13-51(45(86)23-37)124-53-25-39-26-54(71(53)128-81-72(70(112)69(111)55(31-102)126-81)127-60-30-83(4,73(113)34(3)123-60)91-17-19-101-18-16-58(94-82(101)121)93-59(108)15-7-35-6-11-43(84)44(85)21-35)125-52-14-10-38(24-46(52)87)68(110)66-79(119)97-64(80(120)100-122-32-57(89)107)42-27-40(103)28-50(105)61(42)41-22-36(8-12-49(41)104)62(76(116)99-66)96-77(117)63(39)95-75(115)48(29-56(88)106)92-78(65)118/h6-16,18,21-28,33-34,47-48,55,60,62-70,72-73,81,90-91,102-105,109-113H,17,19-20,29-32H2,1-5H3,(H2,88,106)(H2,89,107)(H,92,118)(H,95,115)(H,96,117)(H,97,119)(H,98,114)(H,99,116)(H,100,120)(H,93,94,108,121)/b15-7+. The lowest BCUT2D eigenvalue weighted by Gasteiger charge is -2.48. The Bertz CT molecular complexity index is 5560. The van der Waals surface area contributed by atoms with Crippen molar-refractivity contribution in [1.82, 2.24) is 57.6 Å². The number of aromatic nitrogens is 2. The van der Waals surface area contributed by atoms with Gasteiger partial charge in [-0.05, 0) is 145 Å².